The number of carbonyl (C=O) groups excluding carboxylic acids is 1. The van der Waals surface area contributed by atoms with Crippen LogP contribution >= 0.6 is 15.9 Å². The average molecular weight is 421 g/mol. The number of aliphatic imine (C=N–C) groups is 1. The third-order valence-electron chi connectivity index (χ3n) is 3.57. The fraction of sp³-hybridized carbons (Fsp3) is 0.368. The van der Waals surface area contributed by atoms with Crippen LogP contribution in [0.3, 0.4) is 0 Å². The van der Waals surface area contributed by atoms with Gasteiger partial charge < -0.3 is 20.4 Å². The molecule has 1 amide bonds. The van der Waals surface area contributed by atoms with Gasteiger partial charge in [-0.15, -0.1) is 0 Å². The van der Waals surface area contributed by atoms with Gasteiger partial charge in [0.1, 0.15) is 5.76 Å². The van der Waals surface area contributed by atoms with E-state index in [-0.39, 0.29) is 5.91 Å². The number of nitrogens with one attached hydrogen (secondary N) is 3. The van der Waals surface area contributed by atoms with E-state index in [1.165, 1.54) is 0 Å². The molecule has 7 heteroatoms. The molecule has 0 fully saturated rings. The van der Waals surface area contributed by atoms with Gasteiger partial charge >= 0.3 is 0 Å². The molecule has 0 aliphatic carbocycles. The Labute approximate surface area is 162 Å². The molecule has 0 spiro atoms. The molecule has 0 aliphatic heterocycles. The monoisotopic (exact) mass is 420 g/mol. The highest BCUT2D eigenvalue weighted by Crippen LogP contribution is 2.11. The lowest BCUT2D eigenvalue weighted by atomic mass is 10.2. The summed E-state index contributed by atoms with van der Waals surface area (Å²) >= 11 is 3.37. The maximum Gasteiger partial charge on any atom is 0.251 e. The van der Waals surface area contributed by atoms with Crippen molar-refractivity contribution in [1.82, 2.24) is 16.0 Å². The molecule has 0 aliphatic rings. The first-order chi connectivity index (χ1) is 12.7. The fourth-order valence-electron chi connectivity index (χ4n) is 2.30. The van der Waals surface area contributed by atoms with E-state index in [1.54, 1.807) is 18.4 Å². The molecular weight excluding hydrogens is 396 g/mol. The summed E-state index contributed by atoms with van der Waals surface area (Å²) in [4.78, 5) is 16.6. The molecule has 1 aromatic carbocycles. The number of halogens is 1. The summed E-state index contributed by atoms with van der Waals surface area (Å²) in [6.07, 6.45) is 3.26. The second-order valence-electron chi connectivity index (χ2n) is 5.64. The largest absolute Gasteiger partial charge is 0.469 e. The van der Waals surface area contributed by atoms with Crippen molar-refractivity contribution in [3.05, 3.63) is 58.5 Å². The van der Waals surface area contributed by atoms with Crippen molar-refractivity contribution in [3.8, 4) is 0 Å². The Hall–Kier alpha value is -2.28. The molecule has 140 valence electrons. The first kappa shape index (κ1) is 20.0. The predicted octanol–water partition coefficient (Wildman–Crippen LogP) is 2.96. The molecular formula is C19H25BrN4O2. The van der Waals surface area contributed by atoms with E-state index in [0.717, 1.165) is 42.1 Å². The Balaban J connectivity index is 1.67. The highest BCUT2D eigenvalue weighted by atomic mass is 79.9. The van der Waals surface area contributed by atoms with E-state index in [0.29, 0.717) is 18.7 Å². The van der Waals surface area contributed by atoms with Crippen LogP contribution in [0.4, 0.5) is 0 Å². The summed E-state index contributed by atoms with van der Waals surface area (Å²) in [5, 5.41) is 9.40. The number of hydrogen-bond donors (Lipinski definition) is 3. The van der Waals surface area contributed by atoms with Crippen molar-refractivity contribution in [2.75, 3.05) is 26.2 Å². The molecule has 0 atom stereocenters. The maximum atomic E-state index is 12.0. The van der Waals surface area contributed by atoms with Crippen LogP contribution in [0.25, 0.3) is 0 Å². The molecule has 6 nitrogen and oxygen atoms in total. The molecule has 0 unspecified atom stereocenters. The second-order valence-corrected chi connectivity index (χ2v) is 6.55. The second kappa shape index (κ2) is 11.4. The van der Waals surface area contributed by atoms with Crippen LogP contribution in [-0.4, -0.2) is 38.0 Å². The quantitative estimate of drug-likeness (QED) is 0.331. The van der Waals surface area contributed by atoms with Crippen LogP contribution in [0.5, 0.6) is 0 Å². The van der Waals surface area contributed by atoms with Gasteiger partial charge in [0.05, 0.1) is 6.26 Å². The van der Waals surface area contributed by atoms with E-state index in [2.05, 4.69) is 36.9 Å². The molecule has 1 heterocycles. The van der Waals surface area contributed by atoms with Crippen LogP contribution in [0.1, 0.15) is 29.5 Å². The van der Waals surface area contributed by atoms with Gasteiger partial charge in [-0.05, 0) is 43.7 Å². The number of furan rings is 1. The standard InChI is InChI=1S/C19H25BrN4O2/c1-2-21-19(24-12-9-17-8-4-13-26-17)23-11-5-10-22-18(25)15-6-3-7-16(20)14-15/h3-4,6-8,13-14H,2,5,9-12H2,1H3,(H,22,25)(H2,21,23,24). The molecule has 3 N–H and O–H groups in total. The van der Waals surface area contributed by atoms with Crippen LogP contribution < -0.4 is 16.0 Å². The SMILES string of the molecule is CCNC(=NCCCNC(=O)c1cccc(Br)c1)NCCc1ccco1. The average Bonchev–Trinajstić information content (AvgIpc) is 3.14. The van der Waals surface area contributed by atoms with Crippen LogP contribution in [0.2, 0.25) is 0 Å². The summed E-state index contributed by atoms with van der Waals surface area (Å²) in [5.74, 6) is 1.65. The van der Waals surface area contributed by atoms with Crippen LogP contribution in [0, 0.1) is 0 Å². The summed E-state index contributed by atoms with van der Waals surface area (Å²) < 4.78 is 6.21. The molecule has 0 saturated heterocycles. The third-order valence-corrected chi connectivity index (χ3v) is 4.06. The minimum absolute atomic E-state index is 0.0706. The Bertz CT molecular complexity index is 701. The Kier molecular flexibility index (Phi) is 8.75. The van der Waals surface area contributed by atoms with Gasteiger partial charge in [-0.25, -0.2) is 0 Å². The molecule has 1 aromatic heterocycles. The predicted molar refractivity (Wildman–Crippen MR) is 107 cm³/mol. The lowest BCUT2D eigenvalue weighted by Crippen LogP contribution is -2.38. The van der Waals surface area contributed by atoms with Gasteiger partial charge in [0.2, 0.25) is 0 Å². The van der Waals surface area contributed by atoms with Gasteiger partial charge in [0, 0.05) is 42.6 Å². The number of carbonyl (C=O) groups is 1. The highest BCUT2D eigenvalue weighted by molar-refractivity contribution is 9.10. The Morgan fingerprint density at radius 3 is 2.77 bits per heavy atom. The Morgan fingerprint density at radius 2 is 2.04 bits per heavy atom. The summed E-state index contributed by atoms with van der Waals surface area (Å²) in [6.45, 7) is 4.79. The first-order valence-electron chi connectivity index (χ1n) is 8.77. The minimum atomic E-state index is -0.0706. The number of hydrogen-bond acceptors (Lipinski definition) is 3. The zero-order valence-corrected chi connectivity index (χ0v) is 16.5. The summed E-state index contributed by atoms with van der Waals surface area (Å²) in [6, 6.07) is 11.2. The lowest BCUT2D eigenvalue weighted by molar-refractivity contribution is 0.0953. The summed E-state index contributed by atoms with van der Waals surface area (Å²) in [7, 11) is 0. The topological polar surface area (TPSA) is 78.7 Å². The van der Waals surface area contributed by atoms with Crippen molar-refractivity contribution < 1.29 is 9.21 Å². The van der Waals surface area contributed by atoms with Gasteiger partial charge in [-0.2, -0.15) is 0 Å². The number of rotatable bonds is 9. The van der Waals surface area contributed by atoms with Crippen molar-refractivity contribution >= 4 is 27.8 Å². The van der Waals surface area contributed by atoms with Crippen LogP contribution in [-0.2, 0) is 6.42 Å². The zero-order valence-electron chi connectivity index (χ0n) is 14.9. The smallest absolute Gasteiger partial charge is 0.251 e. The lowest BCUT2D eigenvalue weighted by Gasteiger charge is -2.10. The van der Waals surface area contributed by atoms with Crippen molar-refractivity contribution in [1.29, 1.82) is 0 Å². The zero-order chi connectivity index (χ0) is 18.6. The molecule has 2 aromatic rings. The normalized spacial score (nSPS) is 11.2. The van der Waals surface area contributed by atoms with Crippen molar-refractivity contribution in [2.24, 2.45) is 4.99 Å². The van der Waals surface area contributed by atoms with E-state index in [9.17, 15) is 4.79 Å². The van der Waals surface area contributed by atoms with Crippen molar-refractivity contribution in [3.63, 3.8) is 0 Å². The minimum Gasteiger partial charge on any atom is -0.469 e. The summed E-state index contributed by atoms with van der Waals surface area (Å²) in [5.41, 5.74) is 0.649. The highest BCUT2D eigenvalue weighted by Gasteiger charge is 2.04. The van der Waals surface area contributed by atoms with Gasteiger partial charge in [0.15, 0.2) is 5.96 Å². The van der Waals surface area contributed by atoms with E-state index < -0.39 is 0 Å². The van der Waals surface area contributed by atoms with E-state index >= 15 is 0 Å². The van der Waals surface area contributed by atoms with E-state index in [4.69, 9.17) is 4.42 Å². The first-order valence-corrected chi connectivity index (χ1v) is 9.56. The molecule has 26 heavy (non-hydrogen) atoms. The third kappa shape index (κ3) is 7.31. The number of guanidine groups is 1. The van der Waals surface area contributed by atoms with Gasteiger partial charge in [-0.3, -0.25) is 9.79 Å². The fourth-order valence-corrected chi connectivity index (χ4v) is 2.70. The molecule has 0 saturated carbocycles. The number of amides is 1. The van der Waals surface area contributed by atoms with Gasteiger partial charge in [0.25, 0.3) is 5.91 Å². The maximum absolute atomic E-state index is 12.0. The number of nitrogens with zero attached hydrogens (tertiary/aromatic N) is 1. The molecule has 2 rings (SSSR count). The Morgan fingerprint density at radius 1 is 1.15 bits per heavy atom. The van der Waals surface area contributed by atoms with E-state index in [1.807, 2.05) is 31.2 Å². The number of benzene rings is 1. The van der Waals surface area contributed by atoms with Crippen LogP contribution in [0.15, 0.2) is 56.5 Å². The van der Waals surface area contributed by atoms with Gasteiger partial charge in [-0.1, -0.05) is 22.0 Å². The molecule has 0 radical (unpaired) electrons. The molecule has 0 bridgehead atoms. The van der Waals surface area contributed by atoms with Crippen molar-refractivity contribution in [2.45, 2.75) is 19.8 Å².